The molecule has 1 aliphatic rings. The number of hydrogen-bond acceptors (Lipinski definition) is 2. The molecule has 0 radical (unpaired) electrons. The highest BCUT2D eigenvalue weighted by molar-refractivity contribution is 7.89. The largest absolute Gasteiger partial charge is 0.228 e. The van der Waals surface area contributed by atoms with Crippen LogP contribution in [0.2, 0.25) is 0 Å². The number of nitrogens with two attached hydrogens (primary N) is 1. The molecule has 0 bridgehead atoms. The third-order valence-electron chi connectivity index (χ3n) is 2.67. The summed E-state index contributed by atoms with van der Waals surface area (Å²) < 4.78 is 22.0. The molecular weight excluding hydrogens is 174 g/mol. The Morgan fingerprint density at radius 3 is 2.42 bits per heavy atom. The molecule has 2 N–H and O–H groups in total. The molecule has 3 nitrogen and oxygen atoms in total. The summed E-state index contributed by atoms with van der Waals surface area (Å²) in [6.45, 7) is 2.17. The maximum Gasteiger partial charge on any atom is 0.211 e. The Balaban J connectivity index is 2.58. The smallest absolute Gasteiger partial charge is 0.211 e. The number of rotatable bonds is 1. The van der Waals surface area contributed by atoms with E-state index in [4.69, 9.17) is 5.14 Å². The summed E-state index contributed by atoms with van der Waals surface area (Å²) in [5, 5.41) is 4.82. The van der Waals surface area contributed by atoms with Gasteiger partial charge in [0.1, 0.15) is 0 Å². The van der Waals surface area contributed by atoms with Gasteiger partial charge >= 0.3 is 0 Å². The van der Waals surface area contributed by atoms with Gasteiger partial charge in [0.15, 0.2) is 0 Å². The van der Waals surface area contributed by atoms with Crippen LogP contribution in [0.4, 0.5) is 0 Å². The molecule has 0 aliphatic heterocycles. The molecule has 1 rings (SSSR count). The van der Waals surface area contributed by atoms with E-state index in [9.17, 15) is 8.42 Å². The van der Waals surface area contributed by atoms with E-state index in [0.717, 1.165) is 32.1 Å². The SMILES string of the molecule is CC1CCCC(S(N)(=O)=O)CC1. The van der Waals surface area contributed by atoms with E-state index in [2.05, 4.69) is 6.92 Å². The van der Waals surface area contributed by atoms with E-state index >= 15 is 0 Å². The van der Waals surface area contributed by atoms with Crippen molar-refractivity contribution in [2.75, 3.05) is 0 Å². The minimum absolute atomic E-state index is 0.276. The Labute approximate surface area is 74.4 Å². The van der Waals surface area contributed by atoms with Gasteiger partial charge in [-0.05, 0) is 25.2 Å². The van der Waals surface area contributed by atoms with Gasteiger partial charge in [0.2, 0.25) is 10.0 Å². The first-order valence-electron chi connectivity index (χ1n) is 4.52. The zero-order valence-electron chi connectivity index (χ0n) is 7.49. The van der Waals surface area contributed by atoms with Crippen molar-refractivity contribution in [2.24, 2.45) is 11.1 Å². The van der Waals surface area contributed by atoms with Gasteiger partial charge in [-0.1, -0.05) is 19.8 Å². The third kappa shape index (κ3) is 2.75. The molecule has 12 heavy (non-hydrogen) atoms. The quantitative estimate of drug-likeness (QED) is 0.634. The summed E-state index contributed by atoms with van der Waals surface area (Å²) >= 11 is 0. The minimum atomic E-state index is -3.27. The number of sulfonamides is 1. The lowest BCUT2D eigenvalue weighted by Crippen LogP contribution is -2.27. The van der Waals surface area contributed by atoms with E-state index in [1.54, 1.807) is 0 Å². The molecule has 1 saturated carbocycles. The first-order valence-corrected chi connectivity index (χ1v) is 6.12. The van der Waals surface area contributed by atoms with Crippen molar-refractivity contribution in [3.63, 3.8) is 0 Å². The van der Waals surface area contributed by atoms with Gasteiger partial charge in [0.05, 0.1) is 5.25 Å². The Bertz CT molecular complexity index is 235. The van der Waals surface area contributed by atoms with Crippen molar-refractivity contribution in [2.45, 2.75) is 44.3 Å². The number of hydrogen-bond donors (Lipinski definition) is 1. The Hall–Kier alpha value is -0.0900. The van der Waals surface area contributed by atoms with E-state index in [0.29, 0.717) is 5.92 Å². The first kappa shape index (κ1) is 9.99. The summed E-state index contributed by atoms with van der Waals surface area (Å²) in [6.07, 6.45) is 4.65. The Kier molecular flexibility index (Phi) is 3.12. The molecule has 1 aliphatic carbocycles. The van der Waals surface area contributed by atoms with Crippen molar-refractivity contribution in [3.8, 4) is 0 Å². The highest BCUT2D eigenvalue weighted by Crippen LogP contribution is 2.25. The third-order valence-corrected chi connectivity index (χ3v) is 4.07. The summed E-state index contributed by atoms with van der Waals surface area (Å²) in [5.74, 6) is 0.664. The van der Waals surface area contributed by atoms with Crippen molar-refractivity contribution < 1.29 is 8.42 Å². The topological polar surface area (TPSA) is 60.2 Å². The van der Waals surface area contributed by atoms with Crippen LogP contribution < -0.4 is 5.14 Å². The zero-order valence-corrected chi connectivity index (χ0v) is 8.31. The molecule has 0 saturated heterocycles. The predicted molar refractivity (Wildman–Crippen MR) is 49.1 cm³/mol. The monoisotopic (exact) mass is 191 g/mol. The Morgan fingerprint density at radius 1 is 1.17 bits per heavy atom. The maximum absolute atomic E-state index is 11.0. The molecule has 0 aromatic heterocycles. The molecule has 0 aromatic carbocycles. The van der Waals surface area contributed by atoms with Crippen LogP contribution in [0.3, 0.4) is 0 Å². The van der Waals surface area contributed by atoms with Gasteiger partial charge < -0.3 is 0 Å². The lowest BCUT2D eigenvalue weighted by atomic mass is 10.0. The standard InChI is InChI=1S/C8H17NO2S/c1-7-3-2-4-8(6-5-7)12(9,10)11/h7-8H,2-6H2,1H3,(H2,9,10,11). The molecule has 0 aromatic rings. The van der Waals surface area contributed by atoms with Crippen molar-refractivity contribution in [1.82, 2.24) is 0 Å². The van der Waals surface area contributed by atoms with E-state index in [1.165, 1.54) is 0 Å². The fourth-order valence-corrected chi connectivity index (χ4v) is 2.74. The van der Waals surface area contributed by atoms with Gasteiger partial charge in [-0.25, -0.2) is 13.6 Å². The molecule has 0 heterocycles. The van der Waals surface area contributed by atoms with Gasteiger partial charge in [-0.3, -0.25) is 0 Å². The molecule has 2 unspecified atom stereocenters. The lowest BCUT2D eigenvalue weighted by Gasteiger charge is -2.10. The summed E-state index contributed by atoms with van der Waals surface area (Å²) in [5.41, 5.74) is 0. The predicted octanol–water partition coefficient (Wildman–Crippen LogP) is 1.24. The molecular formula is C8H17NO2S. The normalized spacial score (nSPS) is 32.8. The maximum atomic E-state index is 11.0. The van der Waals surface area contributed by atoms with Crippen molar-refractivity contribution >= 4 is 10.0 Å². The van der Waals surface area contributed by atoms with Crippen LogP contribution in [0.25, 0.3) is 0 Å². The van der Waals surface area contributed by atoms with Crippen LogP contribution in [0, 0.1) is 5.92 Å². The highest BCUT2D eigenvalue weighted by atomic mass is 32.2. The molecule has 4 heteroatoms. The molecule has 2 atom stereocenters. The molecule has 0 spiro atoms. The zero-order chi connectivity index (χ0) is 9.19. The molecule has 0 amide bonds. The summed E-state index contributed by atoms with van der Waals surface area (Å²) in [4.78, 5) is 0. The first-order chi connectivity index (χ1) is 5.50. The molecule has 1 fully saturated rings. The van der Waals surface area contributed by atoms with Crippen LogP contribution in [0.15, 0.2) is 0 Å². The second-order valence-electron chi connectivity index (χ2n) is 3.82. The van der Waals surface area contributed by atoms with Crippen molar-refractivity contribution in [3.05, 3.63) is 0 Å². The number of primary sulfonamides is 1. The fraction of sp³-hybridized carbons (Fsp3) is 1.00. The van der Waals surface area contributed by atoms with Crippen LogP contribution in [0.1, 0.15) is 39.0 Å². The average molecular weight is 191 g/mol. The van der Waals surface area contributed by atoms with Crippen LogP contribution in [-0.2, 0) is 10.0 Å². The van der Waals surface area contributed by atoms with E-state index < -0.39 is 10.0 Å². The van der Waals surface area contributed by atoms with Crippen LogP contribution in [0.5, 0.6) is 0 Å². The van der Waals surface area contributed by atoms with Gasteiger partial charge in [-0.2, -0.15) is 0 Å². The van der Waals surface area contributed by atoms with Crippen LogP contribution in [-0.4, -0.2) is 13.7 Å². The second-order valence-corrected chi connectivity index (χ2v) is 5.67. The van der Waals surface area contributed by atoms with E-state index in [1.807, 2.05) is 0 Å². The van der Waals surface area contributed by atoms with E-state index in [-0.39, 0.29) is 5.25 Å². The minimum Gasteiger partial charge on any atom is -0.228 e. The summed E-state index contributed by atoms with van der Waals surface area (Å²) in [7, 11) is -3.27. The fourth-order valence-electron chi connectivity index (χ4n) is 1.78. The van der Waals surface area contributed by atoms with Gasteiger partial charge in [-0.15, -0.1) is 0 Å². The van der Waals surface area contributed by atoms with Gasteiger partial charge in [0, 0.05) is 0 Å². The summed E-state index contributed by atoms with van der Waals surface area (Å²) in [6, 6.07) is 0. The van der Waals surface area contributed by atoms with Crippen molar-refractivity contribution in [1.29, 1.82) is 0 Å². The molecule has 72 valence electrons. The highest BCUT2D eigenvalue weighted by Gasteiger charge is 2.24. The van der Waals surface area contributed by atoms with Gasteiger partial charge in [0.25, 0.3) is 0 Å². The lowest BCUT2D eigenvalue weighted by molar-refractivity contribution is 0.503. The average Bonchev–Trinajstić information content (AvgIpc) is 2.11. The van der Waals surface area contributed by atoms with Crippen LogP contribution >= 0.6 is 0 Å². The second kappa shape index (κ2) is 3.75. The Morgan fingerprint density at radius 2 is 1.83 bits per heavy atom.